The molecule has 6 nitrogen and oxygen atoms in total. The van der Waals surface area contributed by atoms with Crippen molar-refractivity contribution < 1.29 is 9.53 Å². The van der Waals surface area contributed by atoms with Gasteiger partial charge in [0.15, 0.2) is 5.69 Å². The molecule has 0 atom stereocenters. The summed E-state index contributed by atoms with van der Waals surface area (Å²) in [5.74, 6) is 0.212. The summed E-state index contributed by atoms with van der Waals surface area (Å²) in [7, 11) is 0. The zero-order valence-electron chi connectivity index (χ0n) is 13.5. The molecule has 124 valence electrons. The Morgan fingerprint density at radius 1 is 1.09 bits per heavy atom. The summed E-state index contributed by atoms with van der Waals surface area (Å²) in [6.45, 7) is 2.94. The largest absolute Gasteiger partial charge is 0.494 e. The number of carbonyl (C=O) groups is 1. The average molecular weight is 316 g/mol. The van der Waals surface area contributed by atoms with Crippen molar-refractivity contribution in [3.63, 3.8) is 0 Å². The van der Waals surface area contributed by atoms with E-state index in [9.17, 15) is 4.79 Å². The van der Waals surface area contributed by atoms with E-state index in [1.54, 1.807) is 0 Å². The molecule has 6 heteroatoms. The van der Waals surface area contributed by atoms with Crippen molar-refractivity contribution in [3.05, 3.63) is 30.0 Å². The number of carbonyl (C=O) groups excluding carboxylic acids is 1. The second kappa shape index (κ2) is 8.92. The number of aromatic amines is 1. The molecular weight excluding hydrogens is 292 g/mol. The molecule has 0 aliphatic carbocycles. The van der Waals surface area contributed by atoms with Crippen LogP contribution in [0.1, 0.15) is 55.9 Å². The number of amides is 1. The predicted octanol–water partition coefficient (Wildman–Crippen LogP) is 3.31. The summed E-state index contributed by atoms with van der Waals surface area (Å²) < 4.78 is 5.73. The number of benzene rings is 1. The summed E-state index contributed by atoms with van der Waals surface area (Å²) in [4.78, 5) is 11.3. The Hall–Kier alpha value is -2.37. The minimum Gasteiger partial charge on any atom is -0.494 e. The van der Waals surface area contributed by atoms with Gasteiger partial charge in [-0.1, -0.05) is 39.0 Å². The normalized spacial score (nSPS) is 10.7. The van der Waals surface area contributed by atoms with Crippen LogP contribution in [0.5, 0.6) is 5.75 Å². The van der Waals surface area contributed by atoms with Crippen LogP contribution in [0.4, 0.5) is 0 Å². The number of H-pyrrole nitrogens is 1. The first-order chi connectivity index (χ1) is 11.2. The Morgan fingerprint density at radius 2 is 1.78 bits per heavy atom. The second-order valence-corrected chi connectivity index (χ2v) is 5.53. The number of nitrogens with one attached hydrogen (secondary N) is 1. The molecule has 1 amide bonds. The monoisotopic (exact) mass is 316 g/mol. The highest BCUT2D eigenvalue weighted by molar-refractivity contribution is 5.96. The number of nitrogens with zero attached hydrogens (tertiary/aromatic N) is 2. The van der Waals surface area contributed by atoms with Gasteiger partial charge in [-0.15, -0.1) is 0 Å². The van der Waals surface area contributed by atoms with E-state index in [1.807, 2.05) is 24.3 Å². The first-order valence-electron chi connectivity index (χ1n) is 8.16. The molecule has 1 heterocycles. The van der Waals surface area contributed by atoms with Crippen LogP contribution in [0, 0.1) is 0 Å². The van der Waals surface area contributed by atoms with Crippen molar-refractivity contribution in [2.24, 2.45) is 5.73 Å². The third-order valence-electron chi connectivity index (χ3n) is 3.68. The van der Waals surface area contributed by atoms with Gasteiger partial charge in [0.05, 0.1) is 6.61 Å². The van der Waals surface area contributed by atoms with Gasteiger partial charge in [0.1, 0.15) is 11.4 Å². The Balaban J connectivity index is 1.81. The predicted molar refractivity (Wildman–Crippen MR) is 89.2 cm³/mol. The molecule has 0 unspecified atom stereocenters. The highest BCUT2D eigenvalue weighted by Gasteiger charge is 2.14. The lowest BCUT2D eigenvalue weighted by atomic mass is 10.1. The summed E-state index contributed by atoms with van der Waals surface area (Å²) in [6.07, 6.45) is 7.45. The lowest BCUT2D eigenvalue weighted by molar-refractivity contribution is 0.0996. The van der Waals surface area contributed by atoms with E-state index in [-0.39, 0.29) is 5.69 Å². The van der Waals surface area contributed by atoms with Crippen molar-refractivity contribution in [2.45, 2.75) is 45.4 Å². The maximum Gasteiger partial charge on any atom is 0.271 e. The summed E-state index contributed by atoms with van der Waals surface area (Å²) >= 11 is 0. The van der Waals surface area contributed by atoms with Crippen LogP contribution in [-0.4, -0.2) is 27.9 Å². The maximum absolute atomic E-state index is 11.3. The zero-order chi connectivity index (χ0) is 16.5. The number of ether oxygens (including phenoxy) is 1. The quantitative estimate of drug-likeness (QED) is 0.657. The fourth-order valence-electron chi connectivity index (χ4n) is 2.39. The lowest BCUT2D eigenvalue weighted by Crippen LogP contribution is -2.12. The van der Waals surface area contributed by atoms with Gasteiger partial charge in [0.25, 0.3) is 5.91 Å². The SMILES string of the molecule is CCCCCCCCOc1ccc(-c2n[nH]nc2C(N)=O)cc1. The van der Waals surface area contributed by atoms with E-state index in [1.165, 1.54) is 32.1 Å². The minimum absolute atomic E-state index is 0.144. The first kappa shape index (κ1) is 17.0. The molecule has 1 aromatic heterocycles. The number of nitrogens with two attached hydrogens (primary N) is 1. The molecule has 3 N–H and O–H groups in total. The van der Waals surface area contributed by atoms with Gasteiger partial charge in [-0.2, -0.15) is 15.4 Å². The Kier molecular flexibility index (Phi) is 6.59. The van der Waals surface area contributed by atoms with E-state index in [0.717, 1.165) is 24.3 Å². The van der Waals surface area contributed by atoms with Gasteiger partial charge in [0, 0.05) is 5.56 Å². The number of hydrogen-bond donors (Lipinski definition) is 2. The fraction of sp³-hybridized carbons (Fsp3) is 0.471. The molecule has 0 saturated heterocycles. The molecule has 0 radical (unpaired) electrons. The molecule has 0 aliphatic heterocycles. The minimum atomic E-state index is -0.600. The van der Waals surface area contributed by atoms with Crippen LogP contribution >= 0.6 is 0 Å². The number of rotatable bonds is 10. The van der Waals surface area contributed by atoms with Crippen molar-refractivity contribution in [1.82, 2.24) is 15.4 Å². The highest BCUT2D eigenvalue weighted by atomic mass is 16.5. The van der Waals surface area contributed by atoms with E-state index in [4.69, 9.17) is 10.5 Å². The van der Waals surface area contributed by atoms with Gasteiger partial charge in [-0.05, 0) is 30.7 Å². The second-order valence-electron chi connectivity index (χ2n) is 5.53. The fourth-order valence-corrected chi connectivity index (χ4v) is 2.39. The van der Waals surface area contributed by atoms with Crippen molar-refractivity contribution >= 4 is 5.91 Å². The van der Waals surface area contributed by atoms with Gasteiger partial charge >= 0.3 is 0 Å². The third kappa shape index (κ3) is 5.09. The van der Waals surface area contributed by atoms with Gasteiger partial charge < -0.3 is 10.5 Å². The van der Waals surface area contributed by atoms with Gasteiger partial charge in [-0.25, -0.2) is 0 Å². The van der Waals surface area contributed by atoms with Gasteiger partial charge in [0.2, 0.25) is 0 Å². The summed E-state index contributed by atoms with van der Waals surface area (Å²) in [5, 5.41) is 10.2. The molecule has 0 fully saturated rings. The summed E-state index contributed by atoms with van der Waals surface area (Å²) in [6, 6.07) is 7.43. The smallest absolute Gasteiger partial charge is 0.271 e. The molecule has 0 spiro atoms. The van der Waals surface area contributed by atoms with Crippen LogP contribution in [-0.2, 0) is 0 Å². The van der Waals surface area contributed by atoms with Gasteiger partial charge in [-0.3, -0.25) is 4.79 Å². The van der Waals surface area contributed by atoms with Crippen LogP contribution < -0.4 is 10.5 Å². The van der Waals surface area contributed by atoms with E-state index in [2.05, 4.69) is 22.3 Å². The van der Waals surface area contributed by atoms with Crippen molar-refractivity contribution in [2.75, 3.05) is 6.61 Å². The molecular formula is C17H24N4O2. The molecule has 0 bridgehead atoms. The highest BCUT2D eigenvalue weighted by Crippen LogP contribution is 2.22. The van der Waals surface area contributed by atoms with Crippen LogP contribution in [0.15, 0.2) is 24.3 Å². The number of aromatic nitrogens is 3. The standard InChI is InChI=1S/C17H24N4O2/c1-2-3-4-5-6-7-12-23-14-10-8-13(9-11-14)15-16(17(18)22)20-21-19-15/h8-11H,2-7,12H2,1H3,(H2,18,22)(H,19,20,21). The molecule has 1 aromatic carbocycles. The topological polar surface area (TPSA) is 93.9 Å². The van der Waals surface area contributed by atoms with Crippen molar-refractivity contribution in [1.29, 1.82) is 0 Å². The van der Waals surface area contributed by atoms with E-state index in [0.29, 0.717) is 5.69 Å². The Labute approximate surface area is 136 Å². The lowest BCUT2D eigenvalue weighted by Gasteiger charge is -2.07. The molecule has 23 heavy (non-hydrogen) atoms. The molecule has 0 aliphatic rings. The average Bonchev–Trinajstić information content (AvgIpc) is 3.04. The Morgan fingerprint density at radius 3 is 2.48 bits per heavy atom. The van der Waals surface area contributed by atoms with Crippen LogP contribution in [0.3, 0.4) is 0 Å². The van der Waals surface area contributed by atoms with Crippen molar-refractivity contribution in [3.8, 4) is 17.0 Å². The molecule has 2 aromatic rings. The van der Waals surface area contributed by atoms with E-state index < -0.39 is 5.91 Å². The van der Waals surface area contributed by atoms with E-state index >= 15 is 0 Å². The molecule has 0 saturated carbocycles. The molecule has 2 rings (SSSR count). The zero-order valence-corrected chi connectivity index (χ0v) is 13.5. The van der Waals surface area contributed by atoms with Crippen LogP contribution in [0.25, 0.3) is 11.3 Å². The number of primary amides is 1. The first-order valence-corrected chi connectivity index (χ1v) is 8.16. The maximum atomic E-state index is 11.3. The number of hydrogen-bond acceptors (Lipinski definition) is 4. The summed E-state index contributed by atoms with van der Waals surface area (Å²) in [5.41, 5.74) is 6.64. The number of unbranched alkanes of at least 4 members (excludes halogenated alkanes) is 5. The third-order valence-corrected chi connectivity index (χ3v) is 3.68. The van der Waals surface area contributed by atoms with Crippen LogP contribution in [0.2, 0.25) is 0 Å². The Bertz CT molecular complexity index is 607.